The Morgan fingerprint density at radius 2 is 1.54 bits per heavy atom. The van der Waals surface area contributed by atoms with E-state index in [9.17, 15) is 4.79 Å². The molecule has 4 rings (SSSR count). The molecule has 0 amide bonds. The van der Waals surface area contributed by atoms with Crippen LogP contribution in [0.1, 0.15) is 17.4 Å². The second kappa shape index (κ2) is 7.20. The van der Waals surface area contributed by atoms with E-state index in [0.29, 0.717) is 11.3 Å². The van der Waals surface area contributed by atoms with Gasteiger partial charge >= 0.3 is 157 Å². The van der Waals surface area contributed by atoms with Crippen LogP contribution in [-0.2, 0) is 4.74 Å². The molecule has 0 aliphatic heterocycles. The summed E-state index contributed by atoms with van der Waals surface area (Å²) < 4.78 is 14.5. The molecule has 0 atom stereocenters. The minimum absolute atomic E-state index is 0.246. The van der Waals surface area contributed by atoms with Gasteiger partial charge < -0.3 is 0 Å². The molecule has 5 nitrogen and oxygen atoms in total. The Bertz CT molecular complexity index is 1060. The van der Waals surface area contributed by atoms with Crippen molar-refractivity contribution in [3.05, 3.63) is 66.4 Å². The minimum atomic E-state index is -0.444. The fraction of sp³-hybridized carbons (Fsp3) is 0.100. The Morgan fingerprint density at radius 1 is 0.923 bits per heavy atom. The summed E-state index contributed by atoms with van der Waals surface area (Å²) in [7, 11) is 0. The summed E-state index contributed by atoms with van der Waals surface area (Å²) in [6, 6.07) is 19.4. The summed E-state index contributed by atoms with van der Waals surface area (Å²) in [4.78, 5) is 17.4. The first-order valence-electron chi connectivity index (χ1n) is 8.23. The summed E-state index contributed by atoms with van der Waals surface area (Å²) in [6.45, 7) is 2.08. The predicted octanol–water partition coefficient (Wildman–Crippen LogP) is 3.59. The Hall–Kier alpha value is -2.82. The molecule has 6 heteroatoms. The second-order valence-corrected chi connectivity index (χ2v) is 6.71. The Morgan fingerprint density at radius 3 is 2.19 bits per heavy atom. The zero-order valence-corrected chi connectivity index (χ0v) is 15.8. The average Bonchev–Trinajstić information content (AvgIpc) is 3.18. The van der Waals surface area contributed by atoms with Crippen LogP contribution in [0.3, 0.4) is 0 Å². The molecular weight excluding hydrogens is 393 g/mol. The number of esters is 1. The molecule has 0 saturated carbocycles. The molecule has 0 unspecified atom stereocenters. The molecule has 0 aliphatic rings. The maximum absolute atomic E-state index is 12.7. The van der Waals surface area contributed by atoms with E-state index in [2.05, 4.69) is 7.96 Å². The van der Waals surface area contributed by atoms with Crippen LogP contribution in [0, 0.1) is 0 Å². The topological polar surface area (TPSA) is 65.0 Å². The number of aromatic nitrogens is 3. The van der Waals surface area contributed by atoms with E-state index in [1.54, 1.807) is 6.92 Å². The Balaban J connectivity index is 2.06. The number of hydrogen-bond donors (Lipinski definition) is 0. The molecule has 2 aromatic heterocycles. The summed E-state index contributed by atoms with van der Waals surface area (Å²) in [5, 5.41) is 0. The van der Waals surface area contributed by atoms with Crippen LogP contribution in [-0.4, -0.2) is 40.5 Å². The standard InChI is InChI=1S/C20H15N3O2Se/c1-2-25-20(24)18-15(13-9-5-3-6-10-13)17-19(23-26-22-17)16(21-18)14-11-7-4-8-12-14/h3-12H,2H2,1H3. The van der Waals surface area contributed by atoms with Gasteiger partial charge in [0.15, 0.2) is 0 Å². The van der Waals surface area contributed by atoms with Gasteiger partial charge in [0, 0.05) is 0 Å². The van der Waals surface area contributed by atoms with E-state index in [0.717, 1.165) is 22.2 Å². The van der Waals surface area contributed by atoms with Crippen LogP contribution in [0.15, 0.2) is 60.7 Å². The second-order valence-electron chi connectivity index (χ2n) is 5.60. The van der Waals surface area contributed by atoms with E-state index >= 15 is 0 Å². The zero-order chi connectivity index (χ0) is 17.9. The summed E-state index contributed by atoms with van der Waals surface area (Å²) >= 11 is -0.246. The number of ether oxygens (including phenoxy) is 1. The summed E-state index contributed by atoms with van der Waals surface area (Å²) in [5.74, 6) is -0.444. The Kier molecular flexibility index (Phi) is 4.61. The average molecular weight is 408 g/mol. The third kappa shape index (κ3) is 2.94. The van der Waals surface area contributed by atoms with Crippen molar-refractivity contribution in [1.29, 1.82) is 0 Å². The quantitative estimate of drug-likeness (QED) is 0.382. The molecule has 2 aromatic carbocycles. The van der Waals surface area contributed by atoms with Crippen molar-refractivity contribution in [2.75, 3.05) is 6.61 Å². The predicted molar refractivity (Wildman–Crippen MR) is 101 cm³/mol. The number of carbonyl (C=O) groups is 1. The van der Waals surface area contributed by atoms with Crippen molar-refractivity contribution in [2.24, 2.45) is 0 Å². The fourth-order valence-electron chi connectivity index (χ4n) is 2.86. The van der Waals surface area contributed by atoms with Crippen molar-refractivity contribution in [3.63, 3.8) is 0 Å². The van der Waals surface area contributed by atoms with E-state index < -0.39 is 5.97 Å². The van der Waals surface area contributed by atoms with Gasteiger partial charge in [0.25, 0.3) is 0 Å². The third-order valence-electron chi connectivity index (χ3n) is 3.99. The maximum atomic E-state index is 12.7. The number of carbonyl (C=O) groups excluding carboxylic acids is 1. The molecule has 128 valence electrons. The molecule has 0 radical (unpaired) electrons. The van der Waals surface area contributed by atoms with E-state index in [4.69, 9.17) is 9.72 Å². The molecule has 4 aromatic rings. The monoisotopic (exact) mass is 409 g/mol. The van der Waals surface area contributed by atoms with Gasteiger partial charge in [0.2, 0.25) is 0 Å². The molecule has 0 spiro atoms. The van der Waals surface area contributed by atoms with Gasteiger partial charge in [0.05, 0.1) is 0 Å². The van der Waals surface area contributed by atoms with Crippen LogP contribution >= 0.6 is 0 Å². The zero-order valence-electron chi connectivity index (χ0n) is 14.0. The molecule has 0 bridgehead atoms. The number of benzene rings is 2. The van der Waals surface area contributed by atoms with E-state index in [1.807, 2.05) is 60.7 Å². The third-order valence-corrected chi connectivity index (χ3v) is 5.10. The number of nitrogens with zero attached hydrogens (tertiary/aromatic N) is 3. The summed E-state index contributed by atoms with van der Waals surface area (Å²) in [6.07, 6.45) is 0. The van der Waals surface area contributed by atoms with Crippen LogP contribution in [0.4, 0.5) is 0 Å². The van der Waals surface area contributed by atoms with Gasteiger partial charge in [0.1, 0.15) is 0 Å². The van der Waals surface area contributed by atoms with Crippen LogP contribution in [0.5, 0.6) is 0 Å². The van der Waals surface area contributed by atoms with Gasteiger partial charge in [-0.2, -0.15) is 0 Å². The van der Waals surface area contributed by atoms with Crippen LogP contribution in [0.25, 0.3) is 33.4 Å². The molecule has 0 N–H and O–H groups in total. The molecule has 0 aliphatic carbocycles. The van der Waals surface area contributed by atoms with Gasteiger partial charge in [-0.3, -0.25) is 0 Å². The van der Waals surface area contributed by atoms with E-state index in [1.165, 1.54) is 0 Å². The van der Waals surface area contributed by atoms with Gasteiger partial charge in [-0.25, -0.2) is 0 Å². The first-order valence-corrected chi connectivity index (χ1v) is 9.77. The fourth-order valence-corrected chi connectivity index (χ4v) is 4.03. The molecule has 2 heterocycles. The first kappa shape index (κ1) is 16.6. The first-order chi connectivity index (χ1) is 12.8. The normalized spacial score (nSPS) is 10.8. The van der Waals surface area contributed by atoms with Gasteiger partial charge in [-0.1, -0.05) is 0 Å². The SMILES string of the molecule is CCOC(=O)c1nc(-c2ccccc2)c2n[se]nc2c1-c1ccccc1. The van der Waals surface area contributed by atoms with Crippen molar-refractivity contribution in [2.45, 2.75) is 6.92 Å². The number of fused-ring (bicyclic) bond motifs is 1. The molecule has 26 heavy (non-hydrogen) atoms. The van der Waals surface area contributed by atoms with Crippen LogP contribution in [0.2, 0.25) is 0 Å². The Labute approximate surface area is 156 Å². The molecule has 0 saturated heterocycles. The molecule has 0 fully saturated rings. The van der Waals surface area contributed by atoms with Gasteiger partial charge in [-0.05, 0) is 0 Å². The van der Waals surface area contributed by atoms with Crippen molar-refractivity contribution in [1.82, 2.24) is 12.9 Å². The number of rotatable bonds is 4. The van der Waals surface area contributed by atoms with E-state index in [-0.39, 0.29) is 27.3 Å². The summed E-state index contributed by atoms with van der Waals surface area (Å²) in [5.41, 5.74) is 4.93. The van der Waals surface area contributed by atoms with Crippen molar-refractivity contribution >= 4 is 32.0 Å². The van der Waals surface area contributed by atoms with Crippen molar-refractivity contribution < 1.29 is 9.53 Å². The van der Waals surface area contributed by atoms with Gasteiger partial charge in [-0.15, -0.1) is 0 Å². The van der Waals surface area contributed by atoms with Crippen molar-refractivity contribution in [3.8, 4) is 22.4 Å². The number of pyridine rings is 1. The molecular formula is C20H15N3O2Se. The number of hydrogen-bond acceptors (Lipinski definition) is 5. The van der Waals surface area contributed by atoms with Crippen LogP contribution < -0.4 is 0 Å².